The van der Waals surface area contributed by atoms with Gasteiger partial charge in [0.05, 0.1) is 38.6 Å². The number of aliphatic hydroxyl groups is 4. The van der Waals surface area contributed by atoms with Crippen molar-refractivity contribution in [2.24, 2.45) is 5.92 Å². The van der Waals surface area contributed by atoms with Crippen LogP contribution in [0.2, 0.25) is 0 Å². The van der Waals surface area contributed by atoms with Crippen LogP contribution in [0.3, 0.4) is 0 Å². The topological polar surface area (TPSA) is 221 Å². The standard InChI is InChI=1S/C96H124N2O17/c1-65(96(13,14)98(50-77(101)55-105-81-35-19-69(20-36-81)94(9,10)73-27-43-85(44-28-73)109-59-89-63-113-89)51-78(102)56-106-82-37-21-70(22-38-82)95(11,12)74-29-45-86(46-30-74)110-60-90-64-114-90)52-115-91(3,4)47-66(2)97(48-75(99)53-103-79-31-15-67(16-32-79)92(5,6)71-23-39-83(40-24-71)107-57-87-61-111-87)49-76(100)54-104-80-33-17-68(18-34-80)93(7,8)72-25-41-84(42-26-72)108-58-88-62-112-88/h15-46,65-66,75-78,87-90,99-102H,47-64H2,1-14H3. The van der Waals surface area contributed by atoms with Gasteiger partial charge in [0.15, 0.2) is 0 Å². The summed E-state index contributed by atoms with van der Waals surface area (Å²) in [5.41, 5.74) is 6.39. The smallest absolute Gasteiger partial charge is 0.119 e. The molecule has 19 heteroatoms. The Kier molecular flexibility index (Phi) is 28.4. The first kappa shape index (κ1) is 86.1. The Hall–Kier alpha value is -8.28. The predicted octanol–water partition coefficient (Wildman–Crippen LogP) is 14.8. The first-order valence-corrected chi connectivity index (χ1v) is 41.0. The number of ether oxygens (including phenoxy) is 13. The molecule has 10 unspecified atom stereocenters. The van der Waals surface area contributed by atoms with Crippen LogP contribution in [0.4, 0.5) is 0 Å². The quantitative estimate of drug-likeness (QED) is 0.0260. The number of β-amino-alcohol motifs (C(OH)–C–C–N with tert-alkyl or cyclic N) is 2. The number of hydrogen-bond donors (Lipinski definition) is 4. The predicted molar refractivity (Wildman–Crippen MR) is 447 cm³/mol. The van der Waals surface area contributed by atoms with Crippen molar-refractivity contribution in [1.82, 2.24) is 9.80 Å². The Morgan fingerprint density at radius 2 is 0.504 bits per heavy atom. The van der Waals surface area contributed by atoms with Gasteiger partial charge in [-0.25, -0.2) is 0 Å². The van der Waals surface area contributed by atoms with Crippen LogP contribution in [0.5, 0.6) is 46.0 Å². The maximum absolute atomic E-state index is 12.0. The van der Waals surface area contributed by atoms with E-state index in [1.807, 2.05) is 97.1 Å². The number of aliphatic hydroxyl groups excluding tert-OH is 4. The van der Waals surface area contributed by atoms with E-state index in [0.29, 0.717) is 62.5 Å². The fourth-order valence-corrected chi connectivity index (χ4v) is 14.6. The van der Waals surface area contributed by atoms with Crippen LogP contribution in [-0.2, 0) is 45.3 Å². The molecular formula is C96H124N2O17. The maximum Gasteiger partial charge on any atom is 0.119 e. The number of rotatable bonds is 48. The normalized spacial score (nSPS) is 18.5. The summed E-state index contributed by atoms with van der Waals surface area (Å²) in [5.74, 6) is 5.61. The highest BCUT2D eigenvalue weighted by Crippen LogP contribution is 2.40. The number of nitrogens with zero attached hydrogens (tertiary/aromatic N) is 2. The van der Waals surface area contributed by atoms with Gasteiger partial charge in [-0.2, -0.15) is 0 Å². The first-order valence-electron chi connectivity index (χ1n) is 41.0. The Morgan fingerprint density at radius 1 is 0.304 bits per heavy atom. The van der Waals surface area contributed by atoms with Gasteiger partial charge in [-0.1, -0.05) is 159 Å². The molecule has 4 heterocycles. The minimum absolute atomic E-state index is 0.00593. The molecule has 0 radical (unpaired) electrons. The molecule has 19 nitrogen and oxygen atoms in total. The summed E-state index contributed by atoms with van der Waals surface area (Å²) in [5, 5.41) is 47.9. The zero-order valence-electron chi connectivity index (χ0n) is 70.0. The highest BCUT2D eigenvalue weighted by atomic mass is 16.6. The number of benzene rings is 8. The zero-order chi connectivity index (χ0) is 81.7. The van der Waals surface area contributed by atoms with Crippen LogP contribution in [0, 0.1) is 5.92 Å². The Morgan fingerprint density at radius 3 is 0.713 bits per heavy atom. The largest absolute Gasteiger partial charge is 0.491 e. The van der Waals surface area contributed by atoms with E-state index < -0.39 is 35.6 Å². The molecule has 8 aromatic carbocycles. The second-order valence-corrected chi connectivity index (χ2v) is 35.2. The van der Waals surface area contributed by atoms with Gasteiger partial charge in [0, 0.05) is 59.4 Å². The summed E-state index contributed by atoms with van der Waals surface area (Å²) in [7, 11) is 0. The van der Waals surface area contributed by atoms with Gasteiger partial charge >= 0.3 is 0 Å². The van der Waals surface area contributed by atoms with Crippen LogP contribution in [0.1, 0.15) is 148 Å². The molecule has 620 valence electrons. The van der Waals surface area contributed by atoms with Gasteiger partial charge in [0.2, 0.25) is 0 Å². The van der Waals surface area contributed by atoms with Crippen LogP contribution in [0.25, 0.3) is 0 Å². The fourth-order valence-electron chi connectivity index (χ4n) is 14.6. The maximum atomic E-state index is 12.0. The second kappa shape index (κ2) is 38.0. The lowest BCUT2D eigenvalue weighted by molar-refractivity contribution is -0.0895. The van der Waals surface area contributed by atoms with Crippen LogP contribution in [0.15, 0.2) is 194 Å². The summed E-state index contributed by atoms with van der Waals surface area (Å²) in [6.45, 7) is 36.4. The summed E-state index contributed by atoms with van der Waals surface area (Å²) in [4.78, 5) is 4.21. The molecule has 0 bridgehead atoms. The molecule has 4 fully saturated rings. The highest BCUT2D eigenvalue weighted by Gasteiger charge is 2.39. The molecule has 4 aliphatic heterocycles. The third kappa shape index (κ3) is 24.7. The fraction of sp³-hybridized carbons (Fsp3) is 0.500. The lowest BCUT2D eigenvalue weighted by atomic mass is 9.78. The lowest BCUT2D eigenvalue weighted by Crippen LogP contribution is -2.56. The molecule has 4 saturated heterocycles. The number of epoxide rings is 4. The SMILES string of the molecule is CC(CC(C)(C)OCC(C)C(C)(C)N(CC(O)COc1ccc(C(C)(C)c2ccc(OCC3CO3)cc2)cc1)CC(O)COc1ccc(C(C)(C)c2ccc(OCC3CO3)cc2)cc1)N(CC(O)COc1ccc(C(C)(C)c2ccc(OCC3CO3)cc2)cc1)CC(O)COc1ccc(C(C)(C)c2ccc(OCC3CO3)cc2)cc1. The molecule has 10 atom stereocenters. The minimum Gasteiger partial charge on any atom is -0.491 e. The summed E-state index contributed by atoms with van der Waals surface area (Å²) < 4.78 is 77.2. The molecule has 4 aliphatic rings. The molecule has 0 saturated carbocycles. The summed E-state index contributed by atoms with van der Waals surface area (Å²) >= 11 is 0. The van der Waals surface area contributed by atoms with Crippen molar-refractivity contribution in [2.45, 2.75) is 191 Å². The molecular weight excluding hydrogens is 1450 g/mol. The van der Waals surface area contributed by atoms with Crippen molar-refractivity contribution >= 4 is 0 Å². The van der Waals surface area contributed by atoms with Crippen molar-refractivity contribution in [1.29, 1.82) is 0 Å². The van der Waals surface area contributed by atoms with E-state index in [2.05, 4.69) is 204 Å². The molecule has 0 amide bonds. The van der Waals surface area contributed by atoms with Gasteiger partial charge in [-0.15, -0.1) is 0 Å². The third-order valence-corrected chi connectivity index (χ3v) is 23.6. The van der Waals surface area contributed by atoms with E-state index in [1.54, 1.807) is 0 Å². The minimum atomic E-state index is -0.951. The molecule has 115 heavy (non-hydrogen) atoms. The van der Waals surface area contributed by atoms with Crippen molar-refractivity contribution in [3.05, 3.63) is 239 Å². The van der Waals surface area contributed by atoms with Gasteiger partial charge < -0.3 is 82.0 Å². The average molecular weight is 1580 g/mol. The van der Waals surface area contributed by atoms with Crippen LogP contribution in [-0.4, -0.2) is 208 Å². The van der Waals surface area contributed by atoms with E-state index in [9.17, 15) is 20.4 Å². The molecule has 4 N–H and O–H groups in total. The third-order valence-electron chi connectivity index (χ3n) is 23.6. The summed E-state index contributed by atoms with van der Waals surface area (Å²) in [6, 6.07) is 64.8. The molecule has 12 rings (SSSR count). The highest BCUT2D eigenvalue weighted by molar-refractivity contribution is 5.46. The van der Waals surface area contributed by atoms with Gasteiger partial charge in [0.1, 0.15) is 148 Å². The van der Waals surface area contributed by atoms with E-state index in [4.69, 9.17) is 61.6 Å². The van der Waals surface area contributed by atoms with Gasteiger partial charge in [-0.3, -0.25) is 9.80 Å². The van der Waals surface area contributed by atoms with Crippen molar-refractivity contribution in [3.63, 3.8) is 0 Å². The lowest BCUT2D eigenvalue weighted by Gasteiger charge is -2.45. The van der Waals surface area contributed by atoms with Crippen molar-refractivity contribution in [2.75, 3.05) is 112 Å². The zero-order valence-corrected chi connectivity index (χ0v) is 70.0. The van der Waals surface area contributed by atoms with E-state index in [1.165, 1.54) is 0 Å². The monoisotopic (exact) mass is 1580 g/mol. The van der Waals surface area contributed by atoms with Crippen molar-refractivity contribution < 1.29 is 82.0 Å². The van der Waals surface area contributed by atoms with Gasteiger partial charge in [-0.05, 0) is 189 Å². The Bertz CT molecular complexity index is 4020. The van der Waals surface area contributed by atoms with Crippen molar-refractivity contribution in [3.8, 4) is 46.0 Å². The second-order valence-electron chi connectivity index (χ2n) is 35.2. The Balaban J connectivity index is 0.691. The van der Waals surface area contributed by atoms with Crippen LogP contribution < -0.4 is 37.9 Å². The van der Waals surface area contributed by atoms with Crippen LogP contribution >= 0.6 is 0 Å². The van der Waals surface area contributed by atoms with E-state index in [-0.39, 0.29) is 111 Å². The number of hydrogen-bond acceptors (Lipinski definition) is 19. The van der Waals surface area contributed by atoms with Gasteiger partial charge in [0.25, 0.3) is 0 Å². The van der Waals surface area contributed by atoms with E-state index in [0.717, 1.165) is 93.9 Å². The molecule has 0 aromatic heterocycles. The summed E-state index contributed by atoms with van der Waals surface area (Å²) in [6.07, 6.45) is -2.51. The first-order chi connectivity index (χ1) is 54.8. The van der Waals surface area contributed by atoms with E-state index >= 15 is 0 Å². The Labute approximate surface area is 681 Å². The molecule has 0 spiro atoms. The average Bonchev–Trinajstić information content (AvgIpc) is 0.980. The molecule has 8 aromatic rings. The molecule has 0 aliphatic carbocycles.